The molecule has 0 spiro atoms. The largest absolute Gasteiger partial charge is 0.357 e. The average molecular weight is 384 g/mol. The van der Waals surface area contributed by atoms with Gasteiger partial charge in [-0.05, 0) is 39.2 Å². The van der Waals surface area contributed by atoms with E-state index in [4.69, 9.17) is 14.8 Å². The minimum atomic E-state index is -3.68. The number of carbonyl (C=O) groups is 1. The standard InChI is InChI=1S/C19H33N2O4P/c1-7-15(6)17(20)18(22)21-19(16-11-9-8-10-12-16)26(23,24-13(2)3)25-14(4)5/h8-15,17,19H,7,20H2,1-6H3,(H,21,22)/t15-,17-,19+/m0/s1. The van der Waals surface area contributed by atoms with E-state index in [1.54, 1.807) is 39.8 Å². The number of hydrogen-bond donors (Lipinski definition) is 2. The molecule has 0 unspecified atom stereocenters. The van der Waals surface area contributed by atoms with Gasteiger partial charge in [0.25, 0.3) is 0 Å². The van der Waals surface area contributed by atoms with Crippen molar-refractivity contribution in [3.05, 3.63) is 35.9 Å². The molecule has 26 heavy (non-hydrogen) atoms. The molecule has 0 radical (unpaired) electrons. The van der Waals surface area contributed by atoms with E-state index in [1.165, 1.54) is 0 Å². The predicted molar refractivity (Wildman–Crippen MR) is 105 cm³/mol. The van der Waals surface area contributed by atoms with Gasteiger partial charge in [-0.15, -0.1) is 0 Å². The fourth-order valence-electron chi connectivity index (χ4n) is 2.46. The molecular weight excluding hydrogens is 351 g/mol. The van der Waals surface area contributed by atoms with Crippen molar-refractivity contribution in [1.29, 1.82) is 0 Å². The van der Waals surface area contributed by atoms with Crippen molar-refractivity contribution in [1.82, 2.24) is 5.32 Å². The molecule has 6 nitrogen and oxygen atoms in total. The highest BCUT2D eigenvalue weighted by Crippen LogP contribution is 2.61. The third kappa shape index (κ3) is 6.51. The van der Waals surface area contributed by atoms with Crippen LogP contribution in [-0.4, -0.2) is 24.2 Å². The van der Waals surface area contributed by atoms with Gasteiger partial charge < -0.3 is 20.1 Å². The van der Waals surface area contributed by atoms with Crippen LogP contribution in [0.3, 0.4) is 0 Å². The summed E-state index contributed by atoms with van der Waals surface area (Å²) in [6, 6.07) is 8.37. The fourth-order valence-corrected chi connectivity index (χ4v) is 4.75. The highest BCUT2D eigenvalue weighted by Gasteiger charge is 2.41. The Bertz CT molecular complexity index is 593. The molecule has 1 aromatic carbocycles. The van der Waals surface area contributed by atoms with Crippen LogP contribution >= 0.6 is 7.60 Å². The number of carbonyl (C=O) groups excluding carboxylic acids is 1. The number of amides is 1. The maximum atomic E-state index is 13.6. The van der Waals surface area contributed by atoms with E-state index >= 15 is 0 Å². The first kappa shape index (κ1) is 22.8. The van der Waals surface area contributed by atoms with Crippen LogP contribution in [0.25, 0.3) is 0 Å². The Morgan fingerprint density at radius 1 is 1.08 bits per heavy atom. The highest BCUT2D eigenvalue weighted by molar-refractivity contribution is 7.54. The molecule has 0 fully saturated rings. The van der Waals surface area contributed by atoms with Crippen molar-refractivity contribution >= 4 is 13.5 Å². The molecule has 0 heterocycles. The summed E-state index contributed by atoms with van der Waals surface area (Å²) in [5, 5.41) is 2.82. The number of nitrogens with two attached hydrogens (primary N) is 1. The van der Waals surface area contributed by atoms with E-state index in [-0.39, 0.29) is 24.0 Å². The van der Waals surface area contributed by atoms with Gasteiger partial charge in [0.05, 0.1) is 18.2 Å². The van der Waals surface area contributed by atoms with Gasteiger partial charge in [0, 0.05) is 0 Å². The number of rotatable bonds is 10. The Balaban J connectivity index is 3.26. The zero-order chi connectivity index (χ0) is 19.9. The summed E-state index contributed by atoms with van der Waals surface area (Å²) in [7, 11) is -3.68. The summed E-state index contributed by atoms with van der Waals surface area (Å²) in [5.74, 6) is -1.29. The molecule has 148 valence electrons. The van der Waals surface area contributed by atoms with Gasteiger partial charge in [-0.25, -0.2) is 0 Å². The lowest BCUT2D eigenvalue weighted by atomic mass is 9.99. The van der Waals surface area contributed by atoms with Gasteiger partial charge in [0.1, 0.15) is 0 Å². The first-order valence-corrected chi connectivity index (χ1v) is 10.8. The second kappa shape index (κ2) is 10.2. The average Bonchev–Trinajstić information content (AvgIpc) is 2.57. The summed E-state index contributed by atoms with van der Waals surface area (Å²) in [6.07, 6.45) is 0.115. The van der Waals surface area contributed by atoms with Gasteiger partial charge >= 0.3 is 7.60 Å². The maximum Gasteiger partial charge on any atom is 0.357 e. The van der Waals surface area contributed by atoms with Gasteiger partial charge in [0.15, 0.2) is 5.78 Å². The van der Waals surface area contributed by atoms with Crippen molar-refractivity contribution < 1.29 is 18.4 Å². The number of benzene rings is 1. The second-order valence-electron chi connectivity index (χ2n) is 7.08. The lowest BCUT2D eigenvalue weighted by molar-refractivity contribution is -0.123. The van der Waals surface area contributed by atoms with E-state index in [1.807, 2.05) is 32.0 Å². The molecule has 1 amide bonds. The summed E-state index contributed by atoms with van der Waals surface area (Å²) in [4.78, 5) is 12.7. The molecule has 0 aromatic heterocycles. The fraction of sp³-hybridized carbons (Fsp3) is 0.632. The quantitative estimate of drug-likeness (QED) is 0.590. The topological polar surface area (TPSA) is 90.7 Å². The number of nitrogens with one attached hydrogen (secondary N) is 1. The first-order valence-electron chi connectivity index (χ1n) is 9.18. The van der Waals surface area contributed by atoms with Crippen molar-refractivity contribution in [2.45, 2.75) is 72.0 Å². The van der Waals surface area contributed by atoms with Crippen molar-refractivity contribution in [2.24, 2.45) is 11.7 Å². The molecule has 0 aliphatic rings. The van der Waals surface area contributed by atoms with E-state index in [0.29, 0.717) is 5.56 Å². The molecule has 0 aliphatic heterocycles. The second-order valence-corrected chi connectivity index (χ2v) is 9.10. The van der Waals surface area contributed by atoms with Gasteiger partial charge in [-0.2, -0.15) is 0 Å². The van der Waals surface area contributed by atoms with Gasteiger partial charge in [0.2, 0.25) is 5.91 Å². The van der Waals surface area contributed by atoms with Crippen LogP contribution in [0.15, 0.2) is 30.3 Å². The monoisotopic (exact) mass is 384 g/mol. The normalized spacial score (nSPS) is 15.7. The third-order valence-electron chi connectivity index (χ3n) is 3.99. The van der Waals surface area contributed by atoms with Gasteiger partial charge in [-0.1, -0.05) is 50.6 Å². The van der Waals surface area contributed by atoms with Crippen molar-refractivity contribution in [2.75, 3.05) is 0 Å². The van der Waals surface area contributed by atoms with Crippen LogP contribution in [0.4, 0.5) is 0 Å². The first-order chi connectivity index (χ1) is 12.1. The van der Waals surface area contributed by atoms with Gasteiger partial charge in [-0.3, -0.25) is 9.36 Å². The van der Waals surface area contributed by atoms with Crippen molar-refractivity contribution in [3.8, 4) is 0 Å². The molecule has 3 atom stereocenters. The predicted octanol–water partition coefficient (Wildman–Crippen LogP) is 4.22. The minimum Gasteiger partial charge on any atom is -0.337 e. The summed E-state index contributed by atoms with van der Waals surface area (Å²) in [6.45, 7) is 11.0. The zero-order valence-corrected chi connectivity index (χ0v) is 17.5. The Morgan fingerprint density at radius 2 is 1.58 bits per heavy atom. The Morgan fingerprint density at radius 3 is 2.00 bits per heavy atom. The van der Waals surface area contributed by atoms with E-state index in [0.717, 1.165) is 6.42 Å². The minimum absolute atomic E-state index is 0.00263. The summed E-state index contributed by atoms with van der Waals surface area (Å²) < 4.78 is 25.1. The molecule has 7 heteroatoms. The number of hydrogen-bond acceptors (Lipinski definition) is 5. The summed E-state index contributed by atoms with van der Waals surface area (Å²) in [5.41, 5.74) is 6.71. The smallest absolute Gasteiger partial charge is 0.337 e. The summed E-state index contributed by atoms with van der Waals surface area (Å²) >= 11 is 0. The molecule has 0 aliphatic carbocycles. The Labute approximate surface area is 157 Å². The van der Waals surface area contributed by atoms with Crippen LogP contribution in [0, 0.1) is 5.92 Å². The maximum absolute atomic E-state index is 13.6. The SMILES string of the molecule is CC[C@H](C)[C@H](N)C(=O)N[C@@H](c1ccccc1)P(=O)(OC(C)C)OC(C)C. The molecular formula is C19H33N2O4P. The molecule has 3 N–H and O–H groups in total. The highest BCUT2D eigenvalue weighted by atomic mass is 31.2. The molecule has 0 saturated carbocycles. The van der Waals surface area contributed by atoms with Crippen LogP contribution in [0.1, 0.15) is 59.3 Å². The van der Waals surface area contributed by atoms with Crippen LogP contribution in [0.5, 0.6) is 0 Å². The van der Waals surface area contributed by atoms with Crippen molar-refractivity contribution in [3.63, 3.8) is 0 Å². The van der Waals surface area contributed by atoms with E-state index in [9.17, 15) is 9.36 Å². The lowest BCUT2D eigenvalue weighted by Crippen LogP contribution is -2.46. The zero-order valence-electron chi connectivity index (χ0n) is 16.6. The molecule has 0 bridgehead atoms. The third-order valence-corrected chi connectivity index (χ3v) is 6.48. The Hall–Kier alpha value is -1.20. The molecule has 0 saturated heterocycles. The molecule has 1 rings (SSSR count). The Kier molecular flexibility index (Phi) is 8.97. The van der Waals surface area contributed by atoms with E-state index < -0.39 is 19.4 Å². The lowest BCUT2D eigenvalue weighted by Gasteiger charge is -2.31. The van der Waals surface area contributed by atoms with E-state index in [2.05, 4.69) is 5.32 Å². The molecule has 1 aromatic rings. The van der Waals surface area contributed by atoms with Crippen LogP contribution in [-0.2, 0) is 18.4 Å². The van der Waals surface area contributed by atoms with Crippen LogP contribution < -0.4 is 11.1 Å². The van der Waals surface area contributed by atoms with Crippen LogP contribution in [0.2, 0.25) is 0 Å².